The van der Waals surface area contributed by atoms with Crippen molar-refractivity contribution in [3.05, 3.63) is 48.0 Å². The molecule has 1 aliphatic heterocycles. The fraction of sp³-hybridized carbons (Fsp3) is 0.462. The monoisotopic (exact) mass is 546 g/mol. The number of aromatic nitrogens is 1. The van der Waals surface area contributed by atoms with Crippen molar-refractivity contribution in [3.8, 4) is 0 Å². The highest BCUT2D eigenvalue weighted by Crippen LogP contribution is 2.30. The molecule has 0 unspecified atom stereocenters. The molecule has 0 radical (unpaired) electrons. The number of nitrogens with zero attached hydrogens (tertiary/aromatic N) is 3. The Morgan fingerprint density at radius 3 is 2.36 bits per heavy atom. The van der Waals surface area contributed by atoms with Gasteiger partial charge in [-0.1, -0.05) is 32.9 Å². The van der Waals surface area contributed by atoms with Crippen molar-refractivity contribution in [2.45, 2.75) is 74.2 Å². The van der Waals surface area contributed by atoms with E-state index in [2.05, 4.69) is 43.7 Å². The van der Waals surface area contributed by atoms with Gasteiger partial charge in [0.1, 0.15) is 4.34 Å². The Bertz CT molecular complexity index is 1340. The average Bonchev–Trinajstić information content (AvgIpc) is 3.18. The normalized spacial score (nSPS) is 16.0. The lowest BCUT2D eigenvalue weighted by Gasteiger charge is -2.34. The number of fused-ring (bicyclic) bond motifs is 1. The number of carbonyl (C=O) groups is 1. The van der Waals surface area contributed by atoms with Crippen molar-refractivity contribution in [2.75, 3.05) is 18.0 Å². The molecule has 7 nitrogen and oxygen atoms in total. The molecule has 0 atom stereocenters. The highest BCUT2D eigenvalue weighted by molar-refractivity contribution is 7.89. The largest absolute Gasteiger partial charge is 0.335 e. The van der Waals surface area contributed by atoms with Crippen LogP contribution in [0.1, 0.15) is 53.0 Å². The molecule has 1 fully saturated rings. The summed E-state index contributed by atoms with van der Waals surface area (Å²) in [5.41, 5.74) is 2.72. The van der Waals surface area contributed by atoms with Crippen molar-refractivity contribution >= 4 is 55.9 Å². The SMILES string of the molecule is CC(C)N(C(=O)NC1CCN(S(=O)(=O)c2ccc(C(C)(C)C)cc2)CC1)c1ccc2nc(S)sc2c1. The number of urea groups is 1. The molecule has 0 saturated carbocycles. The first-order chi connectivity index (χ1) is 16.9. The van der Waals surface area contributed by atoms with Crippen LogP contribution in [0.25, 0.3) is 10.2 Å². The van der Waals surface area contributed by atoms with Gasteiger partial charge in [-0.3, -0.25) is 4.90 Å². The van der Waals surface area contributed by atoms with E-state index >= 15 is 0 Å². The van der Waals surface area contributed by atoms with Crippen LogP contribution in [0.3, 0.4) is 0 Å². The first kappa shape index (κ1) is 26.9. The third-order valence-electron chi connectivity index (χ3n) is 6.51. The third kappa shape index (κ3) is 5.72. The molecule has 2 aromatic carbocycles. The standard InChI is InChI=1S/C26H34N4O3S3/c1-17(2)30(20-8-11-22-23(16-20)35-25(34)28-22)24(31)27-19-12-14-29(15-13-19)36(32,33)21-9-6-18(7-10-21)26(3,4)5/h6-11,16-17,19H,12-15H2,1-5H3,(H,27,31)(H,28,34). The van der Waals surface area contributed by atoms with E-state index in [0.29, 0.717) is 35.2 Å². The maximum atomic E-state index is 13.3. The molecule has 194 valence electrons. The summed E-state index contributed by atoms with van der Waals surface area (Å²) in [5.74, 6) is 0. The van der Waals surface area contributed by atoms with Gasteiger partial charge in [0, 0.05) is 30.9 Å². The molecule has 3 aromatic rings. The zero-order valence-electron chi connectivity index (χ0n) is 21.4. The molecule has 1 saturated heterocycles. The van der Waals surface area contributed by atoms with Gasteiger partial charge >= 0.3 is 6.03 Å². The second-order valence-electron chi connectivity index (χ2n) is 10.5. The molecule has 36 heavy (non-hydrogen) atoms. The van der Waals surface area contributed by atoms with E-state index in [-0.39, 0.29) is 23.5 Å². The topological polar surface area (TPSA) is 82.6 Å². The number of carbonyl (C=O) groups excluding carboxylic acids is 1. The molecule has 10 heteroatoms. The molecule has 2 heterocycles. The fourth-order valence-corrected chi connectivity index (χ4v) is 7.07. The Morgan fingerprint density at radius 2 is 1.78 bits per heavy atom. The summed E-state index contributed by atoms with van der Waals surface area (Å²) in [5, 5.41) is 3.13. The van der Waals surface area contributed by atoms with Crippen LogP contribution in [0, 0.1) is 0 Å². The van der Waals surface area contributed by atoms with Crippen LogP contribution < -0.4 is 10.2 Å². The van der Waals surface area contributed by atoms with Gasteiger partial charge in [0.2, 0.25) is 10.0 Å². The van der Waals surface area contributed by atoms with Crippen molar-refractivity contribution in [1.82, 2.24) is 14.6 Å². The zero-order chi connectivity index (χ0) is 26.3. The predicted octanol–water partition coefficient (Wildman–Crippen LogP) is 5.66. The van der Waals surface area contributed by atoms with E-state index in [9.17, 15) is 13.2 Å². The number of thiazole rings is 1. The van der Waals surface area contributed by atoms with Crippen molar-refractivity contribution < 1.29 is 13.2 Å². The number of rotatable bonds is 5. The van der Waals surface area contributed by atoms with E-state index < -0.39 is 10.0 Å². The smallest absolute Gasteiger partial charge is 0.322 e. The molecule has 2 amide bonds. The van der Waals surface area contributed by atoms with E-state index in [1.807, 2.05) is 44.2 Å². The van der Waals surface area contributed by atoms with Gasteiger partial charge in [-0.25, -0.2) is 18.2 Å². The Morgan fingerprint density at radius 1 is 1.14 bits per heavy atom. The van der Waals surface area contributed by atoms with Crippen LogP contribution in [0.15, 0.2) is 51.7 Å². The van der Waals surface area contributed by atoms with Gasteiger partial charge in [-0.05, 0) is 68.0 Å². The number of amides is 2. The molecule has 1 N–H and O–H groups in total. The van der Waals surface area contributed by atoms with Crippen LogP contribution in [-0.2, 0) is 15.4 Å². The van der Waals surface area contributed by atoms with Gasteiger partial charge in [0.25, 0.3) is 0 Å². The summed E-state index contributed by atoms with van der Waals surface area (Å²) in [6.45, 7) is 11.0. The molecular formula is C26H34N4O3S3. The summed E-state index contributed by atoms with van der Waals surface area (Å²) in [6, 6.07) is 12.6. The van der Waals surface area contributed by atoms with Crippen LogP contribution in [0.4, 0.5) is 10.5 Å². The van der Waals surface area contributed by atoms with Gasteiger partial charge in [0.05, 0.1) is 15.1 Å². The average molecular weight is 547 g/mol. The molecule has 0 aliphatic carbocycles. The Kier molecular flexibility index (Phi) is 7.71. The number of piperidine rings is 1. The summed E-state index contributed by atoms with van der Waals surface area (Å²) in [4.78, 5) is 19.7. The summed E-state index contributed by atoms with van der Waals surface area (Å²) >= 11 is 5.81. The number of hydrogen-bond acceptors (Lipinski definition) is 6. The number of sulfonamides is 1. The molecule has 0 spiro atoms. The summed E-state index contributed by atoms with van der Waals surface area (Å²) < 4.78 is 29.6. The van der Waals surface area contributed by atoms with E-state index in [4.69, 9.17) is 0 Å². The van der Waals surface area contributed by atoms with Gasteiger partial charge in [-0.2, -0.15) is 4.31 Å². The lowest BCUT2D eigenvalue weighted by atomic mass is 9.87. The van der Waals surface area contributed by atoms with E-state index in [1.54, 1.807) is 17.0 Å². The zero-order valence-corrected chi connectivity index (χ0v) is 23.9. The minimum Gasteiger partial charge on any atom is -0.335 e. The highest BCUT2D eigenvalue weighted by Gasteiger charge is 2.31. The third-order valence-corrected chi connectivity index (χ3v) is 9.62. The number of benzene rings is 2. The van der Waals surface area contributed by atoms with Crippen molar-refractivity contribution in [2.24, 2.45) is 0 Å². The molecule has 0 bridgehead atoms. The van der Waals surface area contributed by atoms with E-state index in [1.165, 1.54) is 15.6 Å². The number of hydrogen-bond donors (Lipinski definition) is 2. The second-order valence-corrected chi connectivity index (χ2v) is 14.2. The lowest BCUT2D eigenvalue weighted by molar-refractivity contribution is 0.231. The second kappa shape index (κ2) is 10.3. The summed E-state index contributed by atoms with van der Waals surface area (Å²) in [6.07, 6.45) is 1.13. The maximum Gasteiger partial charge on any atom is 0.322 e. The Balaban J connectivity index is 1.40. The number of thiol groups is 1. The number of nitrogens with one attached hydrogen (secondary N) is 1. The summed E-state index contributed by atoms with van der Waals surface area (Å²) in [7, 11) is -3.57. The Labute approximate surface area is 223 Å². The van der Waals surface area contributed by atoms with Gasteiger partial charge < -0.3 is 5.32 Å². The quantitative estimate of drug-likeness (QED) is 0.405. The van der Waals surface area contributed by atoms with E-state index in [0.717, 1.165) is 21.5 Å². The van der Waals surface area contributed by atoms with Crippen molar-refractivity contribution in [3.63, 3.8) is 0 Å². The maximum absolute atomic E-state index is 13.3. The predicted molar refractivity (Wildman–Crippen MR) is 150 cm³/mol. The van der Waals surface area contributed by atoms with Crippen LogP contribution >= 0.6 is 24.0 Å². The van der Waals surface area contributed by atoms with Crippen LogP contribution in [0.2, 0.25) is 0 Å². The van der Waals surface area contributed by atoms with Crippen molar-refractivity contribution in [1.29, 1.82) is 0 Å². The first-order valence-corrected chi connectivity index (χ1v) is 14.9. The van der Waals surface area contributed by atoms with Crippen LogP contribution in [0.5, 0.6) is 0 Å². The number of anilines is 1. The minimum absolute atomic E-state index is 0.0370. The highest BCUT2D eigenvalue weighted by atomic mass is 32.2. The molecule has 1 aromatic heterocycles. The first-order valence-electron chi connectivity index (χ1n) is 12.2. The lowest BCUT2D eigenvalue weighted by Crippen LogP contribution is -2.51. The minimum atomic E-state index is -3.57. The fourth-order valence-electron chi connectivity index (χ4n) is 4.46. The van der Waals surface area contributed by atoms with Gasteiger partial charge in [0.15, 0.2) is 0 Å². The van der Waals surface area contributed by atoms with Gasteiger partial charge in [-0.15, -0.1) is 24.0 Å². The molecule has 1 aliphatic rings. The Hall–Kier alpha value is -2.14. The molecular weight excluding hydrogens is 513 g/mol. The molecule has 4 rings (SSSR count). The van der Waals surface area contributed by atoms with Crippen LogP contribution in [-0.4, -0.2) is 48.9 Å².